The van der Waals surface area contributed by atoms with Crippen LogP contribution in [-0.2, 0) is 0 Å². The molecule has 0 amide bonds. The highest BCUT2D eigenvalue weighted by molar-refractivity contribution is 6.15. The Labute approximate surface area is 343 Å². The van der Waals surface area contributed by atoms with E-state index < -0.39 is 0 Å². The lowest BCUT2D eigenvalue weighted by atomic mass is 9.97. The Morgan fingerprint density at radius 3 is 1.72 bits per heavy atom. The molecule has 0 saturated heterocycles. The zero-order chi connectivity index (χ0) is 41.9. The third-order valence-electron chi connectivity index (χ3n) is 11.2. The second-order valence-electron chi connectivity index (χ2n) is 14.6. The normalized spacial score (nSPS) is 12.4. The lowest BCUT2D eigenvalue weighted by Gasteiger charge is -2.28. The monoisotopic (exact) mass is 743 g/mol. The lowest BCUT2D eigenvalue weighted by molar-refractivity contribution is 0.672. The van der Waals surface area contributed by atoms with Gasteiger partial charge >= 0.3 is 0 Å². The minimum absolute atomic E-state index is 0.109. The number of hydrogen-bond donors (Lipinski definition) is 0. The highest BCUT2D eigenvalue weighted by Gasteiger charge is 2.19. The smallest absolute Gasteiger partial charge is 0.143 e. The summed E-state index contributed by atoms with van der Waals surface area (Å²) in [6, 6.07) is 66.7. The molecular formula is C56H37NO. The first-order valence-electron chi connectivity index (χ1n) is 21.5. The maximum atomic E-state index is 9.67. The molecule has 11 aromatic rings. The molecule has 0 aliphatic heterocycles. The third kappa shape index (κ3) is 5.91. The van der Waals surface area contributed by atoms with E-state index in [4.69, 9.17) is 4.42 Å². The van der Waals surface area contributed by atoms with Crippen molar-refractivity contribution in [1.29, 1.82) is 0 Å². The fourth-order valence-corrected chi connectivity index (χ4v) is 8.26. The molecule has 58 heavy (non-hydrogen) atoms. The van der Waals surface area contributed by atoms with Crippen LogP contribution >= 0.6 is 0 Å². The summed E-state index contributed by atoms with van der Waals surface area (Å²) >= 11 is 0. The molecular weight excluding hydrogens is 703 g/mol. The molecule has 0 unspecified atom stereocenters. The van der Waals surface area contributed by atoms with E-state index >= 15 is 0 Å². The van der Waals surface area contributed by atoms with Gasteiger partial charge in [0.2, 0.25) is 0 Å². The van der Waals surface area contributed by atoms with E-state index in [9.17, 15) is 5.48 Å². The van der Waals surface area contributed by atoms with Gasteiger partial charge < -0.3 is 9.32 Å². The highest BCUT2D eigenvalue weighted by atomic mass is 16.3. The first kappa shape index (κ1) is 29.6. The van der Waals surface area contributed by atoms with Crippen molar-refractivity contribution in [3.05, 3.63) is 224 Å². The summed E-state index contributed by atoms with van der Waals surface area (Å²) in [4.78, 5) is 1.89. The van der Waals surface area contributed by atoms with Gasteiger partial charge in [-0.2, -0.15) is 0 Å². The Morgan fingerprint density at radius 1 is 0.345 bits per heavy atom. The van der Waals surface area contributed by atoms with Gasteiger partial charge in [-0.25, -0.2) is 0 Å². The largest absolute Gasteiger partial charge is 0.455 e. The minimum Gasteiger partial charge on any atom is -0.455 e. The van der Waals surface area contributed by atoms with Gasteiger partial charge in [0.25, 0.3) is 0 Å². The van der Waals surface area contributed by atoms with Gasteiger partial charge in [-0.15, -0.1) is 0 Å². The molecule has 0 aliphatic carbocycles. The molecule has 10 aromatic carbocycles. The number of nitrogens with zero attached hydrogens (tertiary/aromatic N) is 1. The van der Waals surface area contributed by atoms with Crippen molar-refractivity contribution < 1.29 is 9.90 Å². The summed E-state index contributed by atoms with van der Waals surface area (Å²) < 4.78 is 44.8. The number of rotatable bonds is 7. The Kier molecular flexibility index (Phi) is 7.20. The third-order valence-corrected chi connectivity index (χ3v) is 11.2. The molecule has 0 spiro atoms. The van der Waals surface area contributed by atoms with E-state index in [1.807, 2.05) is 126 Å². The van der Waals surface area contributed by atoms with Gasteiger partial charge in [0.05, 0.1) is 11.2 Å². The van der Waals surface area contributed by atoms with Crippen molar-refractivity contribution in [2.75, 3.05) is 4.90 Å². The summed E-state index contributed by atoms with van der Waals surface area (Å²) in [5.41, 5.74) is 10.0. The Hall–Kier alpha value is -7.68. The van der Waals surface area contributed by atoms with E-state index in [0.717, 1.165) is 76.9 Å². The summed E-state index contributed by atoms with van der Waals surface area (Å²) in [7, 11) is 0. The number of hydrogen-bond acceptors (Lipinski definition) is 2. The SMILES string of the molecule is [2H]c1c([2H])c(N(c2ccc(-c3cccc4ccccc34)cc2)c2ccccc2-c2ccc3oc4c5ccccc5ccc4c3c2)c([2H])c([2H])c1-c1ccc(-c2ccccc2)cc1. The molecule has 1 aromatic heterocycles. The van der Waals surface area contributed by atoms with Crippen molar-refractivity contribution >= 4 is 60.5 Å². The maximum absolute atomic E-state index is 9.67. The number of furan rings is 1. The molecule has 11 rings (SSSR count). The van der Waals surface area contributed by atoms with Crippen LogP contribution in [0, 0.1) is 0 Å². The van der Waals surface area contributed by atoms with Gasteiger partial charge in [0.1, 0.15) is 11.2 Å². The zero-order valence-electron chi connectivity index (χ0n) is 35.4. The topological polar surface area (TPSA) is 16.4 Å². The van der Waals surface area contributed by atoms with Crippen LogP contribution < -0.4 is 4.90 Å². The number of fused-ring (bicyclic) bond motifs is 6. The molecule has 0 atom stereocenters. The van der Waals surface area contributed by atoms with E-state index in [1.54, 1.807) is 0 Å². The first-order valence-corrected chi connectivity index (χ1v) is 19.5. The standard InChI is InChI=1S/C56H37NO/c1-2-11-38(12-3-1)39-21-23-40(24-22-39)41-25-31-46(32-26-41)57(47-33-27-44(28-34-47)49-19-10-15-42-13-4-6-16-48(42)49)54-20-9-8-17-50(54)45-30-36-55-53(37-45)52-35-29-43-14-5-7-18-51(43)56(52)58-55/h1-37H/i25D,26D,31D,32D. The van der Waals surface area contributed by atoms with Crippen LogP contribution in [0.1, 0.15) is 5.48 Å². The van der Waals surface area contributed by atoms with Gasteiger partial charge in [0.15, 0.2) is 0 Å². The summed E-state index contributed by atoms with van der Waals surface area (Å²) in [6.45, 7) is 0. The van der Waals surface area contributed by atoms with Crippen molar-refractivity contribution in [2.45, 2.75) is 0 Å². The number of para-hydroxylation sites is 1. The highest BCUT2D eigenvalue weighted by Crippen LogP contribution is 2.44. The molecule has 0 radical (unpaired) electrons. The molecule has 272 valence electrons. The molecule has 2 nitrogen and oxygen atoms in total. The molecule has 1 heterocycles. The molecule has 0 N–H and O–H groups in total. The van der Waals surface area contributed by atoms with Gasteiger partial charge in [-0.1, -0.05) is 176 Å². The fraction of sp³-hybridized carbons (Fsp3) is 0. The Bertz CT molecular complexity index is 3470. The minimum atomic E-state index is -0.135. The maximum Gasteiger partial charge on any atom is 0.143 e. The van der Waals surface area contributed by atoms with Crippen LogP contribution in [0.15, 0.2) is 229 Å². The van der Waals surface area contributed by atoms with Crippen LogP contribution in [-0.4, -0.2) is 0 Å². The summed E-state index contributed by atoms with van der Waals surface area (Å²) in [6.07, 6.45) is 0. The summed E-state index contributed by atoms with van der Waals surface area (Å²) in [5, 5.41) is 6.47. The first-order chi connectivity index (χ1) is 30.4. The average molecular weight is 744 g/mol. The van der Waals surface area contributed by atoms with E-state index in [-0.39, 0.29) is 35.4 Å². The summed E-state index contributed by atoms with van der Waals surface area (Å²) in [5.74, 6) is 0. The quantitative estimate of drug-likeness (QED) is 0.162. The number of anilines is 3. The van der Waals surface area contributed by atoms with Crippen LogP contribution in [0.5, 0.6) is 0 Å². The van der Waals surface area contributed by atoms with Crippen LogP contribution in [0.4, 0.5) is 17.1 Å². The van der Waals surface area contributed by atoms with Crippen molar-refractivity contribution in [2.24, 2.45) is 0 Å². The molecule has 2 heteroatoms. The second-order valence-corrected chi connectivity index (χ2v) is 14.6. The van der Waals surface area contributed by atoms with Crippen molar-refractivity contribution in [1.82, 2.24) is 0 Å². The van der Waals surface area contributed by atoms with E-state index in [1.165, 1.54) is 0 Å². The molecule has 0 saturated carbocycles. The van der Waals surface area contributed by atoms with Crippen molar-refractivity contribution in [3.63, 3.8) is 0 Å². The molecule has 0 fully saturated rings. The van der Waals surface area contributed by atoms with Gasteiger partial charge in [0, 0.05) is 33.1 Å². The molecule has 0 aliphatic rings. The molecule has 0 bridgehead atoms. The predicted molar refractivity (Wildman–Crippen MR) is 245 cm³/mol. The predicted octanol–water partition coefficient (Wildman–Crippen LogP) is 16.0. The van der Waals surface area contributed by atoms with Crippen LogP contribution in [0.2, 0.25) is 0 Å². The fourth-order valence-electron chi connectivity index (χ4n) is 8.26. The van der Waals surface area contributed by atoms with E-state index in [0.29, 0.717) is 16.9 Å². The lowest BCUT2D eigenvalue weighted by Crippen LogP contribution is -2.11. The van der Waals surface area contributed by atoms with Crippen LogP contribution in [0.25, 0.3) is 88.0 Å². The Balaban J connectivity index is 1.09. The average Bonchev–Trinajstić information content (AvgIpc) is 3.71. The van der Waals surface area contributed by atoms with Gasteiger partial charge in [-0.3, -0.25) is 0 Å². The van der Waals surface area contributed by atoms with Gasteiger partial charge in [-0.05, 0) is 104 Å². The van der Waals surface area contributed by atoms with Crippen molar-refractivity contribution in [3.8, 4) is 44.5 Å². The number of benzene rings is 10. The van der Waals surface area contributed by atoms with Crippen LogP contribution in [0.3, 0.4) is 0 Å². The zero-order valence-corrected chi connectivity index (χ0v) is 31.4. The van der Waals surface area contributed by atoms with E-state index in [2.05, 4.69) is 78.9 Å². The Morgan fingerprint density at radius 2 is 0.931 bits per heavy atom. The second kappa shape index (κ2) is 14.1.